The number of hydrogen-bond donors (Lipinski definition) is 1. The molecule has 0 aliphatic carbocycles. The van der Waals surface area contributed by atoms with Gasteiger partial charge in [0.1, 0.15) is 5.82 Å². The molecule has 1 aromatic rings. The third kappa shape index (κ3) is 3.82. The summed E-state index contributed by atoms with van der Waals surface area (Å²) >= 11 is 0. The van der Waals surface area contributed by atoms with E-state index in [2.05, 4.69) is 10.3 Å². The number of carbonyl (C=O) groups excluding carboxylic acids is 1. The van der Waals surface area contributed by atoms with Crippen LogP contribution in [0.25, 0.3) is 0 Å². The molecule has 1 amide bonds. The average molecular weight is 234 g/mol. The number of anilines is 1. The van der Waals surface area contributed by atoms with E-state index in [-0.39, 0.29) is 5.91 Å². The van der Waals surface area contributed by atoms with Gasteiger partial charge in [0.2, 0.25) is 5.91 Å². The smallest absolute Gasteiger partial charge is 0.225 e. The van der Waals surface area contributed by atoms with Crippen molar-refractivity contribution in [2.24, 2.45) is 5.92 Å². The molecule has 0 saturated carbocycles. The van der Waals surface area contributed by atoms with Crippen molar-refractivity contribution in [3.63, 3.8) is 0 Å². The summed E-state index contributed by atoms with van der Waals surface area (Å²) in [5.41, 5.74) is 1.09. The third-order valence-corrected chi connectivity index (χ3v) is 2.99. The molecule has 0 aromatic carbocycles. The zero-order valence-corrected chi connectivity index (χ0v) is 10.1. The van der Waals surface area contributed by atoms with Gasteiger partial charge in [0, 0.05) is 25.8 Å². The minimum atomic E-state index is 0.0493. The van der Waals surface area contributed by atoms with Crippen LogP contribution in [0.5, 0.6) is 0 Å². The number of hydrogen-bond acceptors (Lipinski definition) is 3. The Balaban J connectivity index is 1.82. The predicted octanol–water partition coefficient (Wildman–Crippen LogP) is 2.15. The third-order valence-electron chi connectivity index (χ3n) is 2.99. The van der Waals surface area contributed by atoms with Crippen molar-refractivity contribution < 1.29 is 9.53 Å². The zero-order valence-electron chi connectivity index (χ0n) is 10.1. The van der Waals surface area contributed by atoms with Crippen molar-refractivity contribution in [1.29, 1.82) is 0 Å². The molecule has 17 heavy (non-hydrogen) atoms. The highest BCUT2D eigenvalue weighted by Crippen LogP contribution is 2.18. The molecule has 1 saturated heterocycles. The number of aromatic nitrogens is 1. The van der Waals surface area contributed by atoms with Crippen molar-refractivity contribution in [3.8, 4) is 0 Å². The van der Waals surface area contributed by atoms with Crippen molar-refractivity contribution in [1.82, 2.24) is 4.98 Å². The molecule has 0 atom stereocenters. The van der Waals surface area contributed by atoms with E-state index in [0.717, 1.165) is 31.6 Å². The Labute approximate surface area is 101 Å². The van der Waals surface area contributed by atoms with E-state index in [1.165, 1.54) is 0 Å². The molecular formula is C13H18N2O2. The summed E-state index contributed by atoms with van der Waals surface area (Å²) < 4.78 is 5.27. The molecule has 0 spiro atoms. The standard InChI is InChI=1S/C13H18N2O2/c1-10-2-3-12(14-9-10)15-13(16)8-11-4-6-17-7-5-11/h2-3,9,11H,4-8H2,1H3,(H,14,15,16). The summed E-state index contributed by atoms with van der Waals surface area (Å²) in [5, 5.41) is 2.83. The highest BCUT2D eigenvalue weighted by molar-refractivity contribution is 5.89. The van der Waals surface area contributed by atoms with Crippen molar-refractivity contribution in [2.45, 2.75) is 26.2 Å². The summed E-state index contributed by atoms with van der Waals surface area (Å²) in [6.45, 7) is 3.53. The van der Waals surface area contributed by atoms with Gasteiger partial charge in [-0.2, -0.15) is 0 Å². The Morgan fingerprint density at radius 1 is 1.47 bits per heavy atom. The molecule has 1 aromatic heterocycles. The van der Waals surface area contributed by atoms with E-state index in [1.807, 2.05) is 19.1 Å². The first kappa shape index (κ1) is 12.0. The topological polar surface area (TPSA) is 51.2 Å². The Bertz CT molecular complexity index is 370. The fourth-order valence-electron chi connectivity index (χ4n) is 1.95. The van der Waals surface area contributed by atoms with E-state index in [9.17, 15) is 4.79 Å². The first-order chi connectivity index (χ1) is 8.24. The normalized spacial score (nSPS) is 16.8. The number of rotatable bonds is 3. The van der Waals surface area contributed by atoms with E-state index in [4.69, 9.17) is 4.74 Å². The maximum Gasteiger partial charge on any atom is 0.225 e. The number of aryl methyl sites for hydroxylation is 1. The lowest BCUT2D eigenvalue weighted by atomic mass is 9.96. The van der Waals surface area contributed by atoms with Gasteiger partial charge in [-0.25, -0.2) is 4.98 Å². The Morgan fingerprint density at radius 2 is 2.24 bits per heavy atom. The van der Waals surface area contributed by atoms with Gasteiger partial charge in [-0.15, -0.1) is 0 Å². The lowest BCUT2D eigenvalue weighted by Crippen LogP contribution is -2.22. The zero-order chi connectivity index (χ0) is 12.1. The predicted molar refractivity (Wildman–Crippen MR) is 65.8 cm³/mol. The maximum atomic E-state index is 11.8. The molecule has 4 heteroatoms. The molecule has 2 heterocycles. The van der Waals surface area contributed by atoms with Crippen LogP contribution in [0.2, 0.25) is 0 Å². The summed E-state index contributed by atoms with van der Waals surface area (Å²) in [4.78, 5) is 15.9. The highest BCUT2D eigenvalue weighted by atomic mass is 16.5. The van der Waals surface area contributed by atoms with E-state index in [1.54, 1.807) is 6.20 Å². The monoisotopic (exact) mass is 234 g/mol. The van der Waals surface area contributed by atoms with Gasteiger partial charge >= 0.3 is 0 Å². The van der Waals surface area contributed by atoms with Crippen LogP contribution >= 0.6 is 0 Å². The van der Waals surface area contributed by atoms with Gasteiger partial charge in [0.15, 0.2) is 0 Å². The fourth-order valence-corrected chi connectivity index (χ4v) is 1.95. The fraction of sp³-hybridized carbons (Fsp3) is 0.538. The molecule has 2 rings (SSSR count). The van der Waals surface area contributed by atoms with Crippen LogP contribution in [0.1, 0.15) is 24.8 Å². The molecule has 1 fully saturated rings. The molecule has 1 aliphatic heterocycles. The highest BCUT2D eigenvalue weighted by Gasteiger charge is 2.17. The Kier molecular flexibility index (Phi) is 4.09. The molecule has 0 unspecified atom stereocenters. The molecular weight excluding hydrogens is 216 g/mol. The Hall–Kier alpha value is -1.42. The van der Waals surface area contributed by atoms with Gasteiger partial charge < -0.3 is 10.1 Å². The molecule has 92 valence electrons. The number of pyridine rings is 1. The van der Waals surface area contributed by atoms with E-state index < -0.39 is 0 Å². The molecule has 0 bridgehead atoms. The minimum Gasteiger partial charge on any atom is -0.381 e. The van der Waals surface area contributed by atoms with E-state index in [0.29, 0.717) is 18.2 Å². The van der Waals surface area contributed by atoms with Crippen molar-refractivity contribution in [3.05, 3.63) is 23.9 Å². The lowest BCUT2D eigenvalue weighted by Gasteiger charge is -2.21. The number of carbonyl (C=O) groups is 1. The second-order valence-corrected chi connectivity index (χ2v) is 4.53. The van der Waals surface area contributed by atoms with Crippen molar-refractivity contribution >= 4 is 11.7 Å². The second kappa shape index (κ2) is 5.77. The second-order valence-electron chi connectivity index (χ2n) is 4.53. The minimum absolute atomic E-state index is 0.0493. The van der Waals surface area contributed by atoms with Crippen LogP contribution in [0.3, 0.4) is 0 Å². The quantitative estimate of drug-likeness (QED) is 0.871. The number of ether oxygens (including phenoxy) is 1. The molecule has 1 N–H and O–H groups in total. The van der Waals surface area contributed by atoms with Gasteiger partial charge in [0.25, 0.3) is 0 Å². The van der Waals surface area contributed by atoms with Crippen LogP contribution < -0.4 is 5.32 Å². The van der Waals surface area contributed by atoms with Crippen LogP contribution in [0, 0.1) is 12.8 Å². The van der Waals surface area contributed by atoms with Crippen LogP contribution in [-0.4, -0.2) is 24.1 Å². The van der Waals surface area contributed by atoms with Crippen LogP contribution in [-0.2, 0) is 9.53 Å². The van der Waals surface area contributed by atoms with Gasteiger partial charge in [0.05, 0.1) is 0 Å². The SMILES string of the molecule is Cc1ccc(NC(=O)CC2CCOCC2)nc1. The summed E-state index contributed by atoms with van der Waals surface area (Å²) in [6.07, 6.45) is 4.28. The van der Waals surface area contributed by atoms with E-state index >= 15 is 0 Å². The number of nitrogens with one attached hydrogen (secondary N) is 1. The largest absolute Gasteiger partial charge is 0.381 e. The first-order valence-electron chi connectivity index (χ1n) is 6.04. The average Bonchev–Trinajstić information content (AvgIpc) is 2.33. The summed E-state index contributed by atoms with van der Waals surface area (Å²) in [6, 6.07) is 3.77. The molecule has 1 aliphatic rings. The lowest BCUT2D eigenvalue weighted by molar-refractivity contribution is -0.117. The number of nitrogens with zero attached hydrogens (tertiary/aromatic N) is 1. The Morgan fingerprint density at radius 3 is 2.88 bits per heavy atom. The first-order valence-corrected chi connectivity index (χ1v) is 6.04. The summed E-state index contributed by atoms with van der Waals surface area (Å²) in [7, 11) is 0. The van der Waals surface area contributed by atoms with Crippen LogP contribution in [0.4, 0.5) is 5.82 Å². The van der Waals surface area contributed by atoms with Crippen LogP contribution in [0.15, 0.2) is 18.3 Å². The van der Waals surface area contributed by atoms with Gasteiger partial charge in [-0.05, 0) is 37.3 Å². The van der Waals surface area contributed by atoms with Gasteiger partial charge in [-0.1, -0.05) is 6.07 Å². The maximum absolute atomic E-state index is 11.8. The summed E-state index contributed by atoms with van der Waals surface area (Å²) in [5.74, 6) is 1.13. The number of amides is 1. The van der Waals surface area contributed by atoms with Crippen molar-refractivity contribution in [2.75, 3.05) is 18.5 Å². The molecule has 4 nitrogen and oxygen atoms in total. The molecule has 0 radical (unpaired) electrons. The van der Waals surface area contributed by atoms with Gasteiger partial charge in [-0.3, -0.25) is 4.79 Å².